The zero-order valence-corrected chi connectivity index (χ0v) is 11.6. The van der Waals surface area contributed by atoms with Gasteiger partial charge >= 0.3 is 6.03 Å². The van der Waals surface area contributed by atoms with Gasteiger partial charge in [0, 0.05) is 20.6 Å². The summed E-state index contributed by atoms with van der Waals surface area (Å²) >= 11 is 0. The van der Waals surface area contributed by atoms with Gasteiger partial charge in [0.25, 0.3) is 0 Å². The van der Waals surface area contributed by atoms with Crippen LogP contribution in [0.1, 0.15) is 13.8 Å². The molecule has 0 aromatic heterocycles. The lowest BCUT2D eigenvalue weighted by molar-refractivity contribution is -0.131. The fraction of sp³-hybridized carbons (Fsp3) is 0.727. The second-order valence-corrected chi connectivity index (χ2v) is 4.23. The van der Waals surface area contributed by atoms with E-state index in [0.717, 1.165) is 0 Å². The molecular weight excluding hydrogens is 236 g/mol. The summed E-state index contributed by atoms with van der Waals surface area (Å²) < 4.78 is 0. The Kier molecular flexibility index (Phi) is 6.96. The third-order valence-corrected chi connectivity index (χ3v) is 2.50. The first kappa shape index (κ1) is 16.4. The molecule has 4 amide bonds. The number of carbonyl (C=O) groups excluding carboxylic acids is 3. The Hall–Kier alpha value is -1.63. The average molecular weight is 258 g/mol. The normalized spacial score (nSPS) is 11.9. The van der Waals surface area contributed by atoms with Crippen LogP contribution in [0.25, 0.3) is 0 Å². The molecule has 0 rings (SSSR count). The molecule has 0 radical (unpaired) electrons. The highest BCUT2D eigenvalue weighted by atomic mass is 16.2. The SMILES string of the molecule is CCNC(=O)NC(=O)C(C)N(C)CC(=O)N(C)C. The minimum atomic E-state index is -0.559. The minimum absolute atomic E-state index is 0.102. The van der Waals surface area contributed by atoms with Crippen LogP contribution in [0.5, 0.6) is 0 Å². The van der Waals surface area contributed by atoms with E-state index < -0.39 is 18.0 Å². The number of rotatable bonds is 5. The van der Waals surface area contributed by atoms with Gasteiger partial charge in [-0.1, -0.05) is 0 Å². The molecule has 0 bridgehead atoms. The summed E-state index contributed by atoms with van der Waals surface area (Å²) in [6, 6.07) is -1.09. The van der Waals surface area contributed by atoms with Crippen molar-refractivity contribution in [2.45, 2.75) is 19.9 Å². The molecule has 1 atom stereocenters. The van der Waals surface area contributed by atoms with E-state index in [1.54, 1.807) is 39.9 Å². The van der Waals surface area contributed by atoms with Crippen molar-refractivity contribution in [1.29, 1.82) is 0 Å². The first-order valence-electron chi connectivity index (χ1n) is 5.78. The summed E-state index contributed by atoms with van der Waals surface area (Å²) in [6.45, 7) is 3.96. The summed E-state index contributed by atoms with van der Waals surface area (Å²) in [4.78, 5) is 37.4. The van der Waals surface area contributed by atoms with Crippen LogP contribution < -0.4 is 10.6 Å². The van der Waals surface area contributed by atoms with Crippen LogP contribution in [0.4, 0.5) is 4.79 Å². The third-order valence-electron chi connectivity index (χ3n) is 2.50. The second kappa shape index (κ2) is 7.65. The summed E-state index contributed by atoms with van der Waals surface area (Å²) in [5, 5.41) is 4.67. The summed E-state index contributed by atoms with van der Waals surface area (Å²) in [7, 11) is 4.95. The zero-order valence-electron chi connectivity index (χ0n) is 11.6. The maximum absolute atomic E-state index is 11.7. The summed E-state index contributed by atoms with van der Waals surface area (Å²) in [5.74, 6) is -0.537. The Morgan fingerprint density at radius 1 is 1.17 bits per heavy atom. The van der Waals surface area contributed by atoms with Gasteiger partial charge in [0.1, 0.15) is 0 Å². The van der Waals surface area contributed by atoms with E-state index in [4.69, 9.17) is 0 Å². The molecule has 0 aromatic rings. The predicted octanol–water partition coefficient (Wildman–Crippen LogP) is -0.759. The predicted molar refractivity (Wildman–Crippen MR) is 68.0 cm³/mol. The minimum Gasteiger partial charge on any atom is -0.348 e. The van der Waals surface area contributed by atoms with Crippen LogP contribution in [0, 0.1) is 0 Å². The van der Waals surface area contributed by atoms with Crippen LogP contribution in [0.2, 0.25) is 0 Å². The Morgan fingerprint density at radius 2 is 1.72 bits per heavy atom. The Balaban J connectivity index is 4.28. The van der Waals surface area contributed by atoms with Gasteiger partial charge in [-0.2, -0.15) is 0 Å². The third kappa shape index (κ3) is 5.62. The van der Waals surface area contributed by atoms with E-state index in [0.29, 0.717) is 6.54 Å². The Morgan fingerprint density at radius 3 is 2.17 bits per heavy atom. The van der Waals surface area contributed by atoms with Gasteiger partial charge in [0.05, 0.1) is 12.6 Å². The van der Waals surface area contributed by atoms with Crippen molar-refractivity contribution in [3.05, 3.63) is 0 Å². The van der Waals surface area contributed by atoms with Gasteiger partial charge in [0.15, 0.2) is 0 Å². The fourth-order valence-corrected chi connectivity index (χ4v) is 1.11. The number of nitrogens with zero attached hydrogens (tertiary/aromatic N) is 2. The molecule has 0 aromatic carbocycles. The second-order valence-electron chi connectivity index (χ2n) is 4.23. The smallest absolute Gasteiger partial charge is 0.321 e. The molecule has 0 saturated carbocycles. The van der Waals surface area contributed by atoms with Crippen LogP contribution in [-0.4, -0.2) is 67.9 Å². The van der Waals surface area contributed by atoms with Gasteiger partial charge in [-0.25, -0.2) is 4.79 Å². The van der Waals surface area contributed by atoms with Crippen molar-refractivity contribution < 1.29 is 14.4 Å². The number of nitrogens with one attached hydrogen (secondary N) is 2. The maximum Gasteiger partial charge on any atom is 0.321 e. The van der Waals surface area contributed by atoms with Crippen molar-refractivity contribution >= 4 is 17.8 Å². The number of hydrogen-bond donors (Lipinski definition) is 2. The lowest BCUT2D eigenvalue weighted by atomic mass is 10.2. The van der Waals surface area contributed by atoms with Crippen molar-refractivity contribution in [3.63, 3.8) is 0 Å². The topological polar surface area (TPSA) is 81.8 Å². The quantitative estimate of drug-likeness (QED) is 0.679. The van der Waals surface area contributed by atoms with E-state index in [1.165, 1.54) is 4.90 Å². The van der Waals surface area contributed by atoms with Gasteiger partial charge in [-0.3, -0.25) is 19.8 Å². The molecule has 18 heavy (non-hydrogen) atoms. The molecule has 0 aliphatic carbocycles. The lowest BCUT2D eigenvalue weighted by Crippen LogP contribution is -2.50. The van der Waals surface area contributed by atoms with Crippen LogP contribution in [0.3, 0.4) is 0 Å². The molecular formula is C11H22N4O3. The molecule has 0 fully saturated rings. The Bertz CT molecular complexity index is 317. The number of carbonyl (C=O) groups is 3. The van der Waals surface area contributed by atoms with Crippen molar-refractivity contribution in [3.8, 4) is 0 Å². The molecule has 7 heteroatoms. The van der Waals surface area contributed by atoms with Gasteiger partial charge in [-0.05, 0) is 20.9 Å². The molecule has 7 nitrogen and oxygen atoms in total. The fourth-order valence-electron chi connectivity index (χ4n) is 1.11. The molecule has 0 heterocycles. The summed E-state index contributed by atoms with van der Waals surface area (Å²) in [6.07, 6.45) is 0. The molecule has 0 spiro atoms. The highest BCUT2D eigenvalue weighted by Crippen LogP contribution is 1.96. The molecule has 2 N–H and O–H groups in total. The maximum atomic E-state index is 11.7. The monoisotopic (exact) mass is 258 g/mol. The van der Waals surface area contributed by atoms with Crippen LogP contribution in [-0.2, 0) is 9.59 Å². The molecule has 0 saturated heterocycles. The number of likely N-dealkylation sites (N-methyl/N-ethyl adjacent to an activating group) is 2. The van der Waals surface area contributed by atoms with Crippen LogP contribution in [0.15, 0.2) is 0 Å². The van der Waals surface area contributed by atoms with Crippen LogP contribution >= 0.6 is 0 Å². The average Bonchev–Trinajstić information content (AvgIpc) is 2.27. The van der Waals surface area contributed by atoms with Gasteiger partial charge in [0.2, 0.25) is 11.8 Å². The lowest BCUT2D eigenvalue weighted by Gasteiger charge is -2.24. The molecule has 104 valence electrons. The van der Waals surface area contributed by atoms with E-state index in [2.05, 4.69) is 10.6 Å². The molecule has 0 aliphatic heterocycles. The van der Waals surface area contributed by atoms with E-state index >= 15 is 0 Å². The first-order valence-corrected chi connectivity index (χ1v) is 5.78. The molecule has 1 unspecified atom stereocenters. The molecule has 0 aliphatic rings. The number of amides is 4. The van der Waals surface area contributed by atoms with E-state index in [-0.39, 0.29) is 12.5 Å². The van der Waals surface area contributed by atoms with E-state index in [9.17, 15) is 14.4 Å². The van der Waals surface area contributed by atoms with Crippen molar-refractivity contribution in [1.82, 2.24) is 20.4 Å². The highest BCUT2D eigenvalue weighted by molar-refractivity contribution is 5.97. The first-order chi connectivity index (χ1) is 8.29. The summed E-state index contributed by atoms with van der Waals surface area (Å²) in [5.41, 5.74) is 0. The largest absolute Gasteiger partial charge is 0.348 e. The highest BCUT2D eigenvalue weighted by Gasteiger charge is 2.21. The van der Waals surface area contributed by atoms with E-state index in [1.807, 2.05) is 0 Å². The standard InChI is InChI=1S/C11H22N4O3/c1-6-12-11(18)13-10(17)8(2)15(5)7-9(16)14(3)4/h8H,6-7H2,1-5H3,(H2,12,13,17,18). The number of urea groups is 1. The zero-order chi connectivity index (χ0) is 14.3. The number of hydrogen-bond acceptors (Lipinski definition) is 4. The Labute approximate surface area is 107 Å². The van der Waals surface area contributed by atoms with Gasteiger partial charge < -0.3 is 10.2 Å². The number of imide groups is 1. The van der Waals surface area contributed by atoms with Crippen molar-refractivity contribution in [2.24, 2.45) is 0 Å². The van der Waals surface area contributed by atoms with Crippen molar-refractivity contribution in [2.75, 3.05) is 34.2 Å². The van der Waals surface area contributed by atoms with Gasteiger partial charge in [-0.15, -0.1) is 0 Å².